The van der Waals surface area contributed by atoms with Crippen molar-refractivity contribution in [2.45, 2.75) is 6.92 Å². The smallest absolute Gasteiger partial charge is 0.307 e. The van der Waals surface area contributed by atoms with Crippen LogP contribution in [0.5, 0.6) is 0 Å². The maximum atomic E-state index is 12.0. The summed E-state index contributed by atoms with van der Waals surface area (Å²) in [5.41, 5.74) is 0.612. The molecule has 0 aliphatic rings. The van der Waals surface area contributed by atoms with Gasteiger partial charge in [-0.3, -0.25) is 9.59 Å². The van der Waals surface area contributed by atoms with E-state index < -0.39 is 11.9 Å². The first-order valence-electron chi connectivity index (χ1n) is 5.96. The highest BCUT2D eigenvalue weighted by Gasteiger charge is 2.14. The van der Waals surface area contributed by atoms with E-state index in [4.69, 9.17) is 5.11 Å². The highest BCUT2D eigenvalue weighted by atomic mass is 32.2. The van der Waals surface area contributed by atoms with Gasteiger partial charge in [0.1, 0.15) is 0 Å². The molecular formula is C15H14O3S. The lowest BCUT2D eigenvalue weighted by Gasteiger charge is -2.05. The van der Waals surface area contributed by atoms with Gasteiger partial charge in [-0.2, -0.15) is 0 Å². The summed E-state index contributed by atoms with van der Waals surface area (Å²) in [5.74, 6) is -1.10. The van der Waals surface area contributed by atoms with Crippen molar-refractivity contribution >= 4 is 33.6 Å². The molecule has 4 heteroatoms. The highest BCUT2D eigenvalue weighted by molar-refractivity contribution is 8.14. The Bertz CT molecular complexity index is 622. The zero-order chi connectivity index (χ0) is 13.8. The van der Waals surface area contributed by atoms with E-state index in [2.05, 4.69) is 0 Å². The van der Waals surface area contributed by atoms with Crippen LogP contribution in [0.2, 0.25) is 0 Å². The zero-order valence-corrected chi connectivity index (χ0v) is 11.3. The van der Waals surface area contributed by atoms with Crippen LogP contribution < -0.4 is 0 Å². The third kappa shape index (κ3) is 3.35. The first-order chi connectivity index (χ1) is 9.08. The van der Waals surface area contributed by atoms with Crippen LogP contribution in [0.3, 0.4) is 0 Å². The Morgan fingerprint density at radius 3 is 2.53 bits per heavy atom. The molecule has 3 nitrogen and oxygen atoms in total. The zero-order valence-electron chi connectivity index (χ0n) is 10.5. The van der Waals surface area contributed by atoms with Crippen LogP contribution in [0.25, 0.3) is 10.8 Å². The van der Waals surface area contributed by atoms with Crippen LogP contribution in [-0.2, 0) is 4.79 Å². The van der Waals surface area contributed by atoms with Crippen molar-refractivity contribution < 1.29 is 14.7 Å². The lowest BCUT2D eigenvalue weighted by molar-refractivity contribution is -0.140. The van der Waals surface area contributed by atoms with Gasteiger partial charge in [0.25, 0.3) is 0 Å². The Kier molecular flexibility index (Phi) is 4.22. The van der Waals surface area contributed by atoms with Gasteiger partial charge in [-0.25, -0.2) is 0 Å². The number of rotatable bonds is 4. The first kappa shape index (κ1) is 13.6. The standard InChI is InChI=1S/C15H14O3S/c1-10(14(16)17)9-19-15(18)13-7-6-11-4-2-3-5-12(11)8-13/h2-8,10H,9H2,1H3,(H,16,17)/t10-/m1/s1. The van der Waals surface area contributed by atoms with Crippen LogP contribution in [0.15, 0.2) is 42.5 Å². The maximum Gasteiger partial charge on any atom is 0.307 e. The summed E-state index contributed by atoms with van der Waals surface area (Å²) in [7, 11) is 0. The Morgan fingerprint density at radius 2 is 1.84 bits per heavy atom. The number of hydrogen-bond donors (Lipinski definition) is 1. The van der Waals surface area contributed by atoms with Gasteiger partial charge >= 0.3 is 5.97 Å². The molecule has 0 aliphatic carbocycles. The van der Waals surface area contributed by atoms with Crippen molar-refractivity contribution in [3.63, 3.8) is 0 Å². The van der Waals surface area contributed by atoms with E-state index in [1.165, 1.54) is 0 Å². The number of carboxylic acid groups (broad SMARTS) is 1. The summed E-state index contributed by atoms with van der Waals surface area (Å²) < 4.78 is 0. The van der Waals surface area contributed by atoms with E-state index in [-0.39, 0.29) is 5.12 Å². The van der Waals surface area contributed by atoms with Gasteiger partial charge in [0.2, 0.25) is 5.12 Å². The normalized spacial score (nSPS) is 12.3. The predicted octanol–water partition coefficient (Wildman–Crippen LogP) is 3.43. The third-order valence-electron chi connectivity index (χ3n) is 2.87. The van der Waals surface area contributed by atoms with Gasteiger partial charge in [0, 0.05) is 11.3 Å². The predicted molar refractivity (Wildman–Crippen MR) is 77.5 cm³/mol. The topological polar surface area (TPSA) is 54.4 Å². The number of carbonyl (C=O) groups excluding carboxylic acids is 1. The molecule has 1 atom stereocenters. The number of thioether (sulfide) groups is 1. The Hall–Kier alpha value is -1.81. The van der Waals surface area contributed by atoms with Crippen molar-refractivity contribution in [3.8, 4) is 0 Å². The summed E-state index contributed by atoms with van der Waals surface area (Å²) in [6, 6.07) is 13.4. The van der Waals surface area contributed by atoms with Crippen molar-refractivity contribution in [2.75, 3.05) is 5.75 Å². The fraction of sp³-hybridized carbons (Fsp3) is 0.200. The lowest BCUT2D eigenvalue weighted by Crippen LogP contribution is -2.13. The Balaban J connectivity index is 2.11. The molecule has 0 amide bonds. The first-order valence-corrected chi connectivity index (χ1v) is 6.95. The molecule has 0 saturated heterocycles. The summed E-state index contributed by atoms with van der Waals surface area (Å²) in [4.78, 5) is 22.7. The van der Waals surface area contributed by atoms with Crippen LogP contribution in [0.4, 0.5) is 0 Å². The lowest BCUT2D eigenvalue weighted by atomic mass is 10.1. The van der Waals surface area contributed by atoms with Gasteiger partial charge in [-0.1, -0.05) is 49.0 Å². The second-order valence-electron chi connectivity index (χ2n) is 4.40. The molecule has 2 aromatic rings. The van der Waals surface area contributed by atoms with Gasteiger partial charge in [-0.15, -0.1) is 0 Å². The molecule has 0 heterocycles. The molecule has 0 saturated carbocycles. The third-order valence-corrected chi connectivity index (χ3v) is 4.04. The molecule has 2 rings (SSSR count). The average molecular weight is 274 g/mol. The Morgan fingerprint density at radius 1 is 1.16 bits per heavy atom. The minimum Gasteiger partial charge on any atom is -0.481 e. The molecule has 1 N–H and O–H groups in total. The molecule has 0 bridgehead atoms. The van der Waals surface area contributed by atoms with Gasteiger partial charge < -0.3 is 5.11 Å². The minimum atomic E-state index is -0.876. The van der Waals surface area contributed by atoms with Crippen LogP contribution in [0, 0.1) is 5.92 Å². The largest absolute Gasteiger partial charge is 0.481 e. The molecule has 0 radical (unpaired) electrons. The van der Waals surface area contributed by atoms with Gasteiger partial charge in [0.15, 0.2) is 0 Å². The molecule has 19 heavy (non-hydrogen) atoms. The van der Waals surface area contributed by atoms with Crippen LogP contribution >= 0.6 is 11.8 Å². The number of fused-ring (bicyclic) bond motifs is 1. The van der Waals surface area contributed by atoms with Gasteiger partial charge in [0.05, 0.1) is 5.92 Å². The number of hydrogen-bond acceptors (Lipinski definition) is 3. The Labute approximate surface area is 115 Å². The second kappa shape index (κ2) is 5.89. The van der Waals surface area contributed by atoms with Gasteiger partial charge in [-0.05, 0) is 22.9 Å². The SMILES string of the molecule is C[C@H](CSC(=O)c1ccc2ccccc2c1)C(=O)O. The number of aliphatic carboxylic acids is 1. The summed E-state index contributed by atoms with van der Waals surface area (Å²) in [6.07, 6.45) is 0. The fourth-order valence-electron chi connectivity index (χ4n) is 1.67. The fourth-order valence-corrected chi connectivity index (χ4v) is 2.51. The molecular weight excluding hydrogens is 260 g/mol. The number of carbonyl (C=O) groups is 2. The van der Waals surface area contributed by atoms with E-state index in [0.717, 1.165) is 22.5 Å². The van der Waals surface area contributed by atoms with E-state index in [0.29, 0.717) is 11.3 Å². The summed E-state index contributed by atoms with van der Waals surface area (Å²) in [5, 5.41) is 10.8. The van der Waals surface area contributed by atoms with E-state index in [1.54, 1.807) is 13.0 Å². The van der Waals surface area contributed by atoms with Crippen molar-refractivity contribution in [1.82, 2.24) is 0 Å². The summed E-state index contributed by atoms with van der Waals surface area (Å²) in [6.45, 7) is 1.60. The van der Waals surface area contributed by atoms with Crippen molar-refractivity contribution in [2.24, 2.45) is 5.92 Å². The molecule has 0 unspecified atom stereocenters. The van der Waals surface area contributed by atoms with E-state index in [9.17, 15) is 9.59 Å². The average Bonchev–Trinajstić information content (AvgIpc) is 2.43. The number of carboxylic acids is 1. The monoisotopic (exact) mass is 274 g/mol. The minimum absolute atomic E-state index is 0.0844. The van der Waals surface area contributed by atoms with Crippen molar-refractivity contribution in [3.05, 3.63) is 48.0 Å². The summed E-state index contributed by atoms with van der Waals surface area (Å²) >= 11 is 1.05. The quantitative estimate of drug-likeness (QED) is 0.928. The van der Waals surface area contributed by atoms with Crippen LogP contribution in [0.1, 0.15) is 17.3 Å². The second-order valence-corrected chi connectivity index (χ2v) is 5.39. The molecule has 98 valence electrons. The maximum absolute atomic E-state index is 12.0. The highest BCUT2D eigenvalue weighted by Crippen LogP contribution is 2.20. The molecule has 2 aromatic carbocycles. The van der Waals surface area contributed by atoms with Crippen molar-refractivity contribution in [1.29, 1.82) is 0 Å². The molecule has 0 spiro atoms. The molecule has 0 aliphatic heterocycles. The molecule has 0 fully saturated rings. The number of benzene rings is 2. The van der Waals surface area contributed by atoms with Crippen LogP contribution in [-0.4, -0.2) is 21.9 Å². The van der Waals surface area contributed by atoms with E-state index in [1.807, 2.05) is 36.4 Å². The van der Waals surface area contributed by atoms with E-state index >= 15 is 0 Å². The molecule has 0 aromatic heterocycles.